The normalized spacial score (nSPS) is 16.8. The molecule has 0 N–H and O–H groups in total. The summed E-state index contributed by atoms with van der Waals surface area (Å²) in [6.45, 7) is 3.33. The fourth-order valence-corrected chi connectivity index (χ4v) is 3.30. The van der Waals surface area contributed by atoms with Gasteiger partial charge in [-0.2, -0.15) is 0 Å². The molecule has 1 atom stereocenters. The highest BCUT2D eigenvalue weighted by atomic mass is 35.5. The predicted octanol–water partition coefficient (Wildman–Crippen LogP) is 2.85. The molecule has 1 unspecified atom stereocenters. The summed E-state index contributed by atoms with van der Waals surface area (Å²) >= 11 is 6.13. The summed E-state index contributed by atoms with van der Waals surface area (Å²) in [6, 6.07) is 7.60. The van der Waals surface area contributed by atoms with E-state index in [0.717, 1.165) is 18.4 Å². The SMILES string of the molecule is CC(c1cccc(Cl)c1)N(C(=O)c1ncn(C)n1)C1CCOCC1. The molecular weight excluding hydrogens is 328 g/mol. The molecule has 1 fully saturated rings. The number of amides is 1. The van der Waals surface area contributed by atoms with Crippen molar-refractivity contribution in [3.63, 3.8) is 0 Å². The molecule has 0 aliphatic carbocycles. The van der Waals surface area contributed by atoms with E-state index >= 15 is 0 Å². The molecule has 2 heterocycles. The van der Waals surface area contributed by atoms with Gasteiger partial charge in [0.15, 0.2) is 0 Å². The Kier molecular flexibility index (Phi) is 5.16. The lowest BCUT2D eigenvalue weighted by Gasteiger charge is -2.38. The van der Waals surface area contributed by atoms with Crippen molar-refractivity contribution in [1.82, 2.24) is 19.7 Å². The molecule has 24 heavy (non-hydrogen) atoms. The van der Waals surface area contributed by atoms with Crippen LogP contribution in [0.5, 0.6) is 0 Å². The molecule has 128 valence electrons. The molecule has 7 heteroatoms. The predicted molar refractivity (Wildman–Crippen MR) is 90.9 cm³/mol. The monoisotopic (exact) mass is 348 g/mol. The molecule has 0 spiro atoms. The van der Waals surface area contributed by atoms with Gasteiger partial charge in [-0.05, 0) is 37.5 Å². The number of carbonyl (C=O) groups excluding carboxylic acids is 1. The third-order valence-electron chi connectivity index (χ3n) is 4.36. The third-order valence-corrected chi connectivity index (χ3v) is 4.59. The van der Waals surface area contributed by atoms with Crippen LogP contribution in [0.1, 0.15) is 42.0 Å². The lowest BCUT2D eigenvalue weighted by molar-refractivity contribution is 0.0173. The highest BCUT2D eigenvalue weighted by Crippen LogP contribution is 2.29. The van der Waals surface area contributed by atoms with Gasteiger partial charge in [0.1, 0.15) is 6.33 Å². The van der Waals surface area contributed by atoms with Crippen molar-refractivity contribution in [3.8, 4) is 0 Å². The van der Waals surface area contributed by atoms with E-state index in [4.69, 9.17) is 16.3 Å². The summed E-state index contributed by atoms with van der Waals surface area (Å²) in [5.74, 6) is 0.0628. The maximum absolute atomic E-state index is 13.1. The average Bonchev–Trinajstić information content (AvgIpc) is 3.02. The molecule has 3 rings (SSSR count). The van der Waals surface area contributed by atoms with Gasteiger partial charge >= 0.3 is 0 Å². The lowest BCUT2D eigenvalue weighted by Crippen LogP contribution is -2.45. The number of aromatic nitrogens is 3. The number of hydrogen-bond donors (Lipinski definition) is 0. The Bertz CT molecular complexity index is 712. The van der Waals surface area contributed by atoms with Crippen LogP contribution in [0.3, 0.4) is 0 Å². The third kappa shape index (κ3) is 3.60. The van der Waals surface area contributed by atoms with Crippen molar-refractivity contribution in [3.05, 3.63) is 47.0 Å². The quantitative estimate of drug-likeness (QED) is 0.852. The summed E-state index contributed by atoms with van der Waals surface area (Å²) in [6.07, 6.45) is 3.16. The second kappa shape index (κ2) is 7.32. The number of halogens is 1. The minimum Gasteiger partial charge on any atom is -0.381 e. The Labute approximate surface area is 146 Å². The molecule has 2 aromatic rings. The second-order valence-electron chi connectivity index (χ2n) is 6.03. The zero-order valence-corrected chi connectivity index (χ0v) is 14.6. The topological polar surface area (TPSA) is 60.2 Å². The van der Waals surface area contributed by atoms with Crippen molar-refractivity contribution in [2.45, 2.75) is 31.8 Å². The van der Waals surface area contributed by atoms with Gasteiger partial charge in [-0.15, -0.1) is 5.10 Å². The van der Waals surface area contributed by atoms with Crippen LogP contribution < -0.4 is 0 Å². The van der Waals surface area contributed by atoms with Gasteiger partial charge in [-0.3, -0.25) is 9.48 Å². The van der Waals surface area contributed by atoms with Crippen LogP contribution in [-0.2, 0) is 11.8 Å². The molecule has 1 saturated heterocycles. The second-order valence-corrected chi connectivity index (χ2v) is 6.47. The van der Waals surface area contributed by atoms with Crippen molar-refractivity contribution < 1.29 is 9.53 Å². The summed E-state index contributed by atoms with van der Waals surface area (Å²) in [7, 11) is 1.75. The molecule has 0 saturated carbocycles. The van der Waals surface area contributed by atoms with E-state index in [1.165, 1.54) is 0 Å². The van der Waals surface area contributed by atoms with Gasteiger partial charge in [-0.25, -0.2) is 4.98 Å². The van der Waals surface area contributed by atoms with E-state index in [9.17, 15) is 4.79 Å². The summed E-state index contributed by atoms with van der Waals surface area (Å²) in [5, 5.41) is 4.84. The van der Waals surface area contributed by atoms with Crippen LogP contribution in [0, 0.1) is 0 Å². The number of ether oxygens (including phenoxy) is 1. The van der Waals surface area contributed by atoms with Crippen LogP contribution in [0.25, 0.3) is 0 Å². The first kappa shape index (κ1) is 16.9. The largest absolute Gasteiger partial charge is 0.381 e. The van der Waals surface area contributed by atoms with Crippen molar-refractivity contribution in [2.75, 3.05) is 13.2 Å². The van der Waals surface area contributed by atoms with Crippen molar-refractivity contribution >= 4 is 17.5 Å². The smallest absolute Gasteiger partial charge is 0.294 e. The van der Waals surface area contributed by atoms with E-state index in [1.54, 1.807) is 18.1 Å². The number of nitrogens with zero attached hydrogens (tertiary/aromatic N) is 4. The Balaban J connectivity index is 1.93. The maximum Gasteiger partial charge on any atom is 0.294 e. The molecule has 6 nitrogen and oxygen atoms in total. The van der Waals surface area contributed by atoms with Crippen molar-refractivity contribution in [1.29, 1.82) is 0 Å². The first-order chi connectivity index (χ1) is 11.6. The maximum atomic E-state index is 13.1. The zero-order valence-electron chi connectivity index (χ0n) is 13.9. The Morgan fingerprint density at radius 2 is 2.17 bits per heavy atom. The van der Waals surface area contributed by atoms with E-state index in [2.05, 4.69) is 10.1 Å². The fourth-order valence-electron chi connectivity index (χ4n) is 3.10. The van der Waals surface area contributed by atoms with Gasteiger partial charge in [0.05, 0.1) is 6.04 Å². The number of hydrogen-bond acceptors (Lipinski definition) is 4. The number of carbonyl (C=O) groups is 1. The average molecular weight is 349 g/mol. The molecule has 1 aliphatic heterocycles. The number of rotatable bonds is 4. The Hall–Kier alpha value is -1.92. The van der Waals surface area contributed by atoms with Crippen LogP contribution in [0.4, 0.5) is 0 Å². The van der Waals surface area contributed by atoms with Gasteiger partial charge in [0.2, 0.25) is 5.82 Å². The van der Waals surface area contributed by atoms with Gasteiger partial charge in [0.25, 0.3) is 5.91 Å². The van der Waals surface area contributed by atoms with Crippen LogP contribution in [0.15, 0.2) is 30.6 Å². The number of aryl methyl sites for hydroxylation is 1. The molecule has 1 amide bonds. The highest BCUT2D eigenvalue weighted by molar-refractivity contribution is 6.30. The van der Waals surface area contributed by atoms with Crippen LogP contribution in [0.2, 0.25) is 5.02 Å². The van der Waals surface area contributed by atoms with Gasteiger partial charge in [-0.1, -0.05) is 23.7 Å². The van der Waals surface area contributed by atoms with E-state index in [1.807, 2.05) is 36.1 Å². The Morgan fingerprint density at radius 1 is 1.42 bits per heavy atom. The Morgan fingerprint density at radius 3 is 2.79 bits per heavy atom. The van der Waals surface area contributed by atoms with Gasteiger partial charge < -0.3 is 9.64 Å². The number of benzene rings is 1. The van der Waals surface area contributed by atoms with E-state index in [0.29, 0.717) is 18.2 Å². The van der Waals surface area contributed by atoms with Crippen molar-refractivity contribution in [2.24, 2.45) is 7.05 Å². The van der Waals surface area contributed by atoms with E-state index < -0.39 is 0 Å². The summed E-state index contributed by atoms with van der Waals surface area (Å²) in [5.41, 5.74) is 0.998. The fraction of sp³-hybridized carbons (Fsp3) is 0.471. The standard InChI is InChI=1S/C17H21ClN4O2/c1-12(13-4-3-5-14(18)10-13)22(15-6-8-24-9-7-15)17(23)16-19-11-21(2)20-16/h3-5,10-12,15H,6-9H2,1-2H3. The minimum atomic E-state index is -0.157. The highest BCUT2D eigenvalue weighted by Gasteiger charge is 2.33. The molecule has 1 aromatic carbocycles. The van der Waals surface area contributed by atoms with Gasteiger partial charge in [0, 0.05) is 31.3 Å². The summed E-state index contributed by atoms with van der Waals surface area (Å²) < 4.78 is 6.99. The van der Waals surface area contributed by atoms with Crippen LogP contribution in [-0.4, -0.2) is 44.8 Å². The van der Waals surface area contributed by atoms with E-state index in [-0.39, 0.29) is 23.8 Å². The molecule has 0 bridgehead atoms. The molecule has 0 radical (unpaired) electrons. The zero-order chi connectivity index (χ0) is 17.1. The molecule has 1 aliphatic rings. The van der Waals surface area contributed by atoms with Crippen LogP contribution >= 0.6 is 11.6 Å². The first-order valence-electron chi connectivity index (χ1n) is 8.08. The molecule has 1 aromatic heterocycles. The molecular formula is C17H21ClN4O2. The summed E-state index contributed by atoms with van der Waals surface area (Å²) in [4.78, 5) is 19.1. The lowest BCUT2D eigenvalue weighted by atomic mass is 10.0. The first-order valence-corrected chi connectivity index (χ1v) is 8.45. The minimum absolute atomic E-state index is 0.101.